The van der Waals surface area contributed by atoms with E-state index in [2.05, 4.69) is 15.4 Å². The number of hydrogen-bond acceptors (Lipinski definition) is 5. The number of benzene rings is 1. The Hall–Kier alpha value is -2.85. The predicted molar refractivity (Wildman–Crippen MR) is 102 cm³/mol. The van der Waals surface area contributed by atoms with Crippen molar-refractivity contribution in [2.45, 2.75) is 19.0 Å². The zero-order valence-electron chi connectivity index (χ0n) is 15.7. The Bertz CT molecular complexity index is 1120. The molecule has 1 aliphatic heterocycles. The number of fused-ring (bicyclic) bond motifs is 1. The number of hydrogen-bond donors (Lipinski definition) is 1. The summed E-state index contributed by atoms with van der Waals surface area (Å²) in [6, 6.07) is 3.47. The van der Waals surface area contributed by atoms with Gasteiger partial charge in [-0.15, -0.1) is 5.10 Å². The molecule has 0 saturated carbocycles. The molecule has 0 unspecified atom stereocenters. The van der Waals surface area contributed by atoms with Gasteiger partial charge in [-0.1, -0.05) is 11.6 Å². The fraction of sp³-hybridized carbons (Fsp3) is 0.316. The van der Waals surface area contributed by atoms with Crippen molar-refractivity contribution in [1.82, 2.24) is 19.9 Å². The summed E-state index contributed by atoms with van der Waals surface area (Å²) in [5.41, 5.74) is -0.932. The van der Waals surface area contributed by atoms with E-state index in [1.165, 1.54) is 29.9 Å². The normalized spacial score (nSPS) is 16.4. The van der Waals surface area contributed by atoms with E-state index in [9.17, 15) is 18.0 Å². The smallest absolute Gasteiger partial charge is 0.266 e. The summed E-state index contributed by atoms with van der Waals surface area (Å²) in [6.07, 6.45) is -1.43. The van der Waals surface area contributed by atoms with Crippen molar-refractivity contribution in [2.24, 2.45) is 0 Å². The van der Waals surface area contributed by atoms with Crippen molar-refractivity contribution >= 4 is 23.2 Å². The van der Waals surface area contributed by atoms with Crippen LogP contribution in [0.4, 0.5) is 13.2 Å². The monoisotopic (exact) mass is 440 g/mol. The molecule has 1 amide bonds. The van der Waals surface area contributed by atoms with E-state index in [1.54, 1.807) is 0 Å². The molecular formula is C19H16ClF3N4O3. The molecule has 158 valence electrons. The van der Waals surface area contributed by atoms with Crippen LogP contribution in [-0.2, 0) is 4.74 Å². The third kappa shape index (κ3) is 3.68. The maximum Gasteiger partial charge on any atom is 0.266 e. The third-order valence-electron chi connectivity index (χ3n) is 4.68. The number of imidazole rings is 1. The maximum absolute atomic E-state index is 14.9. The minimum absolute atomic E-state index is 0.0688. The number of halogens is 4. The number of carbonyl (C=O) groups excluding carboxylic acids is 1. The molecule has 30 heavy (non-hydrogen) atoms. The maximum atomic E-state index is 14.9. The first kappa shape index (κ1) is 20.4. The Morgan fingerprint density at radius 3 is 2.87 bits per heavy atom. The lowest BCUT2D eigenvalue weighted by Gasteiger charge is -2.13. The number of nitrogens with zero attached hydrogens (tertiary/aromatic N) is 3. The zero-order valence-corrected chi connectivity index (χ0v) is 16.4. The molecule has 7 nitrogen and oxygen atoms in total. The van der Waals surface area contributed by atoms with Gasteiger partial charge in [0.2, 0.25) is 0 Å². The van der Waals surface area contributed by atoms with Crippen LogP contribution in [-0.4, -0.2) is 46.9 Å². The summed E-state index contributed by atoms with van der Waals surface area (Å²) >= 11 is 6.21. The van der Waals surface area contributed by atoms with Gasteiger partial charge in [0.05, 0.1) is 30.7 Å². The van der Waals surface area contributed by atoms with Gasteiger partial charge in [-0.25, -0.2) is 22.7 Å². The second-order valence-electron chi connectivity index (χ2n) is 6.62. The van der Waals surface area contributed by atoms with E-state index >= 15 is 0 Å². The lowest BCUT2D eigenvalue weighted by atomic mass is 10.0. The molecule has 1 fully saturated rings. The average Bonchev–Trinajstić information content (AvgIpc) is 3.37. The molecule has 1 N–H and O–H groups in total. The summed E-state index contributed by atoms with van der Waals surface area (Å²) in [4.78, 5) is 16.1. The van der Waals surface area contributed by atoms with Crippen LogP contribution < -0.4 is 10.1 Å². The summed E-state index contributed by atoms with van der Waals surface area (Å²) < 4.78 is 54.0. The molecule has 11 heteroatoms. The van der Waals surface area contributed by atoms with Crippen molar-refractivity contribution in [3.05, 3.63) is 46.4 Å². The molecule has 1 saturated heterocycles. The highest BCUT2D eigenvalue weighted by Crippen LogP contribution is 2.33. The summed E-state index contributed by atoms with van der Waals surface area (Å²) in [7, 11) is 1.35. The number of carbonyl (C=O) groups is 1. The standard InChI is InChI=1S/C19H16ClF3N4O3/c1-24-18(28)9-4-11(16(21)12(5-9)17(22)23)14-7-25-15-6-13(20)19(26-27(14)15)30-10-2-3-29-8-10/h4-7,10,17H,2-3,8H2,1H3,(H,24,28)/t10-/m0/s1. The fourth-order valence-electron chi connectivity index (χ4n) is 3.17. The van der Waals surface area contributed by atoms with E-state index in [0.717, 1.165) is 6.07 Å². The van der Waals surface area contributed by atoms with Crippen molar-refractivity contribution in [1.29, 1.82) is 0 Å². The van der Waals surface area contributed by atoms with E-state index in [-0.39, 0.29) is 39.5 Å². The largest absolute Gasteiger partial charge is 0.470 e. The molecule has 0 radical (unpaired) electrons. The summed E-state index contributed by atoms with van der Waals surface area (Å²) in [5.74, 6) is -1.72. The molecule has 1 atom stereocenters. The third-order valence-corrected chi connectivity index (χ3v) is 4.95. The van der Waals surface area contributed by atoms with Crippen molar-refractivity contribution in [3.8, 4) is 17.1 Å². The van der Waals surface area contributed by atoms with Crippen LogP contribution in [0.5, 0.6) is 5.88 Å². The lowest BCUT2D eigenvalue weighted by Crippen LogP contribution is -2.19. The molecule has 0 spiro atoms. The molecule has 0 bridgehead atoms. The second-order valence-corrected chi connectivity index (χ2v) is 7.03. The minimum Gasteiger partial charge on any atom is -0.470 e. The Morgan fingerprint density at radius 1 is 1.40 bits per heavy atom. The number of amides is 1. The highest BCUT2D eigenvalue weighted by molar-refractivity contribution is 6.32. The molecule has 1 aromatic carbocycles. The molecule has 3 heterocycles. The van der Waals surface area contributed by atoms with Crippen LogP contribution >= 0.6 is 11.6 Å². The van der Waals surface area contributed by atoms with Crippen LogP contribution in [0, 0.1) is 5.82 Å². The van der Waals surface area contributed by atoms with Crippen LogP contribution in [0.25, 0.3) is 16.9 Å². The average molecular weight is 441 g/mol. The number of nitrogens with one attached hydrogen (secondary N) is 1. The SMILES string of the molecule is CNC(=O)c1cc(-c2cnc3cc(Cl)c(O[C@H]4CCOC4)nn23)c(F)c(C(F)F)c1. The summed E-state index contributed by atoms with van der Waals surface area (Å²) in [6.45, 7) is 0.933. The van der Waals surface area contributed by atoms with E-state index in [1.807, 2.05) is 0 Å². The fourth-order valence-corrected chi connectivity index (χ4v) is 3.35. The van der Waals surface area contributed by atoms with Gasteiger partial charge in [-0.2, -0.15) is 0 Å². The zero-order chi connectivity index (χ0) is 21.4. The molecule has 2 aromatic heterocycles. The number of ether oxygens (including phenoxy) is 2. The number of rotatable bonds is 5. The molecular weight excluding hydrogens is 425 g/mol. The summed E-state index contributed by atoms with van der Waals surface area (Å²) in [5, 5.41) is 6.81. The van der Waals surface area contributed by atoms with Crippen molar-refractivity contribution in [3.63, 3.8) is 0 Å². The van der Waals surface area contributed by atoms with Gasteiger partial charge >= 0.3 is 0 Å². The molecule has 3 aromatic rings. The Kier molecular flexibility index (Phi) is 5.52. The van der Waals surface area contributed by atoms with Crippen LogP contribution in [0.15, 0.2) is 24.4 Å². The second kappa shape index (κ2) is 8.11. The van der Waals surface area contributed by atoms with E-state index in [4.69, 9.17) is 21.1 Å². The quantitative estimate of drug-likeness (QED) is 0.655. The van der Waals surface area contributed by atoms with Crippen LogP contribution in [0.1, 0.15) is 28.8 Å². The number of aromatic nitrogens is 3. The lowest BCUT2D eigenvalue weighted by molar-refractivity contribution is 0.0962. The van der Waals surface area contributed by atoms with Crippen LogP contribution in [0.3, 0.4) is 0 Å². The van der Waals surface area contributed by atoms with Crippen molar-refractivity contribution < 1.29 is 27.4 Å². The molecule has 0 aliphatic carbocycles. The predicted octanol–water partition coefficient (Wildman–Crippen LogP) is 3.65. The first-order chi connectivity index (χ1) is 14.4. The van der Waals surface area contributed by atoms with Crippen LogP contribution in [0.2, 0.25) is 5.02 Å². The topological polar surface area (TPSA) is 77.8 Å². The highest BCUT2D eigenvalue weighted by atomic mass is 35.5. The molecule has 4 rings (SSSR count). The van der Waals surface area contributed by atoms with Gasteiger partial charge in [0.1, 0.15) is 16.9 Å². The highest BCUT2D eigenvalue weighted by Gasteiger charge is 2.25. The van der Waals surface area contributed by atoms with E-state index in [0.29, 0.717) is 19.6 Å². The van der Waals surface area contributed by atoms with Gasteiger partial charge in [0, 0.05) is 30.7 Å². The Balaban J connectivity index is 1.86. The molecule has 1 aliphatic rings. The minimum atomic E-state index is -3.11. The first-order valence-electron chi connectivity index (χ1n) is 9.01. The van der Waals surface area contributed by atoms with Gasteiger partial charge in [-0.3, -0.25) is 4.79 Å². The van der Waals surface area contributed by atoms with Gasteiger partial charge in [0.15, 0.2) is 5.65 Å². The van der Waals surface area contributed by atoms with Gasteiger partial charge in [0.25, 0.3) is 18.2 Å². The first-order valence-corrected chi connectivity index (χ1v) is 9.39. The van der Waals surface area contributed by atoms with Gasteiger partial charge < -0.3 is 14.8 Å². The Morgan fingerprint density at radius 2 is 2.20 bits per heavy atom. The number of alkyl halides is 2. The van der Waals surface area contributed by atoms with Crippen molar-refractivity contribution in [2.75, 3.05) is 20.3 Å². The Labute approximate surface area is 173 Å². The van der Waals surface area contributed by atoms with E-state index < -0.39 is 23.7 Å². The van der Waals surface area contributed by atoms with Gasteiger partial charge in [-0.05, 0) is 12.1 Å².